The van der Waals surface area contributed by atoms with Gasteiger partial charge in [0.2, 0.25) is 5.91 Å². The first-order valence-electron chi connectivity index (χ1n) is 7.16. The van der Waals surface area contributed by atoms with Crippen molar-refractivity contribution in [1.29, 1.82) is 0 Å². The molecule has 0 aromatic carbocycles. The Balaban J connectivity index is 1.47. The normalized spacial score (nSPS) is 44.2. The summed E-state index contributed by atoms with van der Waals surface area (Å²) in [6.07, 6.45) is 9.93. The smallest absolute Gasteiger partial charge is 0.220 e. The number of rotatable bonds is 3. The van der Waals surface area contributed by atoms with Crippen molar-refractivity contribution >= 4 is 21.8 Å². The standard InChI is InChI=1S/C14H22BrNO/c15-12-2-1-3-13(12)16-14(17)8-11-7-9-4-5-10(11)6-9/h9-13H,1-8H2,(H,16,17). The molecule has 0 aliphatic heterocycles. The highest BCUT2D eigenvalue weighted by Crippen LogP contribution is 2.49. The summed E-state index contributed by atoms with van der Waals surface area (Å²) < 4.78 is 0. The summed E-state index contributed by atoms with van der Waals surface area (Å²) in [6, 6.07) is 0.390. The number of carbonyl (C=O) groups excluding carboxylic acids is 1. The van der Waals surface area contributed by atoms with Crippen molar-refractivity contribution in [3.63, 3.8) is 0 Å². The van der Waals surface area contributed by atoms with Crippen LogP contribution in [0.4, 0.5) is 0 Å². The average Bonchev–Trinajstić information content (AvgIpc) is 2.96. The van der Waals surface area contributed by atoms with E-state index >= 15 is 0 Å². The second-order valence-corrected chi connectivity index (χ2v) is 7.44. The Hall–Kier alpha value is -0.0500. The fourth-order valence-electron chi connectivity index (χ4n) is 4.21. The Bertz CT molecular complexity index is 307. The van der Waals surface area contributed by atoms with Crippen molar-refractivity contribution in [3.8, 4) is 0 Å². The number of hydrogen-bond donors (Lipinski definition) is 1. The fourth-order valence-corrected chi connectivity index (χ4v) is 4.93. The van der Waals surface area contributed by atoms with E-state index in [-0.39, 0.29) is 0 Å². The van der Waals surface area contributed by atoms with Crippen LogP contribution in [0.25, 0.3) is 0 Å². The molecule has 1 N–H and O–H groups in total. The summed E-state index contributed by atoms with van der Waals surface area (Å²) >= 11 is 3.66. The topological polar surface area (TPSA) is 29.1 Å². The second kappa shape index (κ2) is 4.91. The van der Waals surface area contributed by atoms with Crippen LogP contribution < -0.4 is 5.32 Å². The van der Waals surface area contributed by atoms with Gasteiger partial charge in [0.05, 0.1) is 0 Å². The zero-order valence-electron chi connectivity index (χ0n) is 10.3. The molecular formula is C14H22BrNO. The molecule has 5 unspecified atom stereocenters. The van der Waals surface area contributed by atoms with E-state index in [1.807, 2.05) is 0 Å². The Morgan fingerprint density at radius 2 is 2.06 bits per heavy atom. The van der Waals surface area contributed by atoms with E-state index < -0.39 is 0 Å². The van der Waals surface area contributed by atoms with Gasteiger partial charge in [-0.15, -0.1) is 0 Å². The van der Waals surface area contributed by atoms with Gasteiger partial charge in [-0.25, -0.2) is 0 Å². The van der Waals surface area contributed by atoms with E-state index in [9.17, 15) is 4.79 Å². The SMILES string of the molecule is O=C(CC1CC2CCC1C2)NC1CCCC1Br. The van der Waals surface area contributed by atoms with Crippen LogP contribution in [-0.2, 0) is 4.79 Å². The van der Waals surface area contributed by atoms with Gasteiger partial charge in [0.25, 0.3) is 0 Å². The highest BCUT2D eigenvalue weighted by Gasteiger charge is 2.40. The summed E-state index contributed by atoms with van der Waals surface area (Å²) in [5.74, 6) is 2.82. The molecule has 0 aromatic heterocycles. The molecule has 0 saturated heterocycles. The van der Waals surface area contributed by atoms with Gasteiger partial charge in [0, 0.05) is 17.3 Å². The minimum absolute atomic E-state index is 0.305. The van der Waals surface area contributed by atoms with Gasteiger partial charge >= 0.3 is 0 Å². The molecule has 0 radical (unpaired) electrons. The Morgan fingerprint density at radius 1 is 1.18 bits per heavy atom. The van der Waals surface area contributed by atoms with Crippen LogP contribution in [0, 0.1) is 17.8 Å². The van der Waals surface area contributed by atoms with Crippen molar-refractivity contribution in [2.24, 2.45) is 17.8 Å². The molecule has 3 aliphatic rings. The van der Waals surface area contributed by atoms with Gasteiger partial charge in [-0.05, 0) is 49.9 Å². The summed E-state index contributed by atoms with van der Waals surface area (Å²) in [6.45, 7) is 0. The minimum atomic E-state index is 0.305. The first-order chi connectivity index (χ1) is 8.22. The lowest BCUT2D eigenvalue weighted by Crippen LogP contribution is -2.38. The van der Waals surface area contributed by atoms with E-state index in [1.165, 1.54) is 38.5 Å². The van der Waals surface area contributed by atoms with E-state index in [0.29, 0.717) is 22.7 Å². The molecule has 5 atom stereocenters. The van der Waals surface area contributed by atoms with E-state index in [4.69, 9.17) is 0 Å². The first kappa shape index (κ1) is 12.0. The van der Waals surface area contributed by atoms with Gasteiger partial charge in [0.1, 0.15) is 0 Å². The predicted molar refractivity (Wildman–Crippen MR) is 72.1 cm³/mol. The van der Waals surface area contributed by atoms with Crippen molar-refractivity contribution in [1.82, 2.24) is 5.32 Å². The number of hydrogen-bond acceptors (Lipinski definition) is 1. The lowest BCUT2D eigenvalue weighted by atomic mass is 9.86. The van der Waals surface area contributed by atoms with Crippen LogP contribution in [0.15, 0.2) is 0 Å². The zero-order chi connectivity index (χ0) is 11.8. The van der Waals surface area contributed by atoms with Gasteiger partial charge in [-0.2, -0.15) is 0 Å². The molecule has 2 nitrogen and oxygen atoms in total. The maximum Gasteiger partial charge on any atom is 0.220 e. The van der Waals surface area contributed by atoms with Crippen LogP contribution in [0.2, 0.25) is 0 Å². The number of amides is 1. The summed E-state index contributed by atoms with van der Waals surface area (Å²) in [4.78, 5) is 12.6. The molecule has 3 saturated carbocycles. The van der Waals surface area contributed by atoms with Gasteiger partial charge in [-0.3, -0.25) is 4.79 Å². The molecule has 3 fully saturated rings. The van der Waals surface area contributed by atoms with Crippen LogP contribution >= 0.6 is 15.9 Å². The number of nitrogens with one attached hydrogen (secondary N) is 1. The summed E-state index contributed by atoms with van der Waals surface area (Å²) in [5.41, 5.74) is 0. The number of fused-ring (bicyclic) bond motifs is 2. The Kier molecular flexibility index (Phi) is 3.47. The van der Waals surface area contributed by atoms with Crippen LogP contribution in [0.3, 0.4) is 0 Å². The van der Waals surface area contributed by atoms with Crippen molar-refractivity contribution in [3.05, 3.63) is 0 Å². The fraction of sp³-hybridized carbons (Fsp3) is 0.929. The Labute approximate surface area is 112 Å². The number of alkyl halides is 1. The molecule has 2 bridgehead atoms. The van der Waals surface area contributed by atoms with Crippen LogP contribution in [-0.4, -0.2) is 16.8 Å². The van der Waals surface area contributed by atoms with Crippen molar-refractivity contribution in [2.75, 3.05) is 0 Å². The molecule has 96 valence electrons. The molecule has 17 heavy (non-hydrogen) atoms. The molecule has 0 heterocycles. The molecule has 0 aromatic rings. The second-order valence-electron chi connectivity index (χ2n) is 6.26. The van der Waals surface area contributed by atoms with Crippen LogP contribution in [0.5, 0.6) is 0 Å². The summed E-state index contributed by atoms with van der Waals surface area (Å²) in [5, 5.41) is 3.23. The maximum atomic E-state index is 12.0. The van der Waals surface area contributed by atoms with Gasteiger partial charge in [0.15, 0.2) is 0 Å². The lowest BCUT2D eigenvalue weighted by Gasteiger charge is -2.23. The minimum Gasteiger partial charge on any atom is -0.352 e. The molecule has 3 heteroatoms. The molecule has 1 amide bonds. The third-order valence-corrected chi connectivity index (χ3v) is 6.21. The Morgan fingerprint density at radius 3 is 2.65 bits per heavy atom. The van der Waals surface area contributed by atoms with E-state index in [2.05, 4.69) is 21.2 Å². The third-order valence-electron chi connectivity index (χ3n) is 5.11. The van der Waals surface area contributed by atoms with E-state index in [1.54, 1.807) is 0 Å². The summed E-state index contributed by atoms with van der Waals surface area (Å²) in [7, 11) is 0. The van der Waals surface area contributed by atoms with Crippen molar-refractivity contribution in [2.45, 2.75) is 62.2 Å². The maximum absolute atomic E-state index is 12.0. The highest BCUT2D eigenvalue weighted by atomic mass is 79.9. The predicted octanol–water partition coefficient (Wildman–Crippen LogP) is 3.24. The molecular weight excluding hydrogens is 278 g/mol. The monoisotopic (exact) mass is 299 g/mol. The first-order valence-corrected chi connectivity index (χ1v) is 8.07. The average molecular weight is 300 g/mol. The molecule has 3 rings (SSSR count). The number of halogens is 1. The quantitative estimate of drug-likeness (QED) is 0.797. The largest absolute Gasteiger partial charge is 0.352 e. The van der Waals surface area contributed by atoms with Crippen LogP contribution in [0.1, 0.15) is 51.4 Å². The molecule has 3 aliphatic carbocycles. The zero-order valence-corrected chi connectivity index (χ0v) is 11.9. The number of carbonyl (C=O) groups is 1. The molecule has 0 spiro atoms. The lowest BCUT2D eigenvalue weighted by molar-refractivity contribution is -0.123. The highest BCUT2D eigenvalue weighted by molar-refractivity contribution is 9.09. The van der Waals surface area contributed by atoms with E-state index in [0.717, 1.165) is 24.7 Å². The van der Waals surface area contributed by atoms with Gasteiger partial charge < -0.3 is 5.32 Å². The van der Waals surface area contributed by atoms with Crippen molar-refractivity contribution < 1.29 is 4.79 Å². The van der Waals surface area contributed by atoms with Gasteiger partial charge in [-0.1, -0.05) is 28.8 Å². The third kappa shape index (κ3) is 2.54.